The van der Waals surface area contributed by atoms with Crippen LogP contribution in [0.1, 0.15) is 72.1 Å². The van der Waals surface area contributed by atoms with Crippen molar-refractivity contribution in [1.29, 1.82) is 0 Å². The van der Waals surface area contributed by atoms with Gasteiger partial charge in [-0.1, -0.05) is 32.8 Å². The number of fused-ring (bicyclic) bond motifs is 1. The monoisotopic (exact) mass is 483 g/mol. The normalized spacial score (nSPS) is 24.1. The fraction of sp³-hybridized carbons (Fsp3) is 0.667. The molecule has 1 atom stereocenters. The number of hydrogen-bond donors (Lipinski definition) is 1. The number of nitrogens with zero attached hydrogens (tertiary/aromatic N) is 4. The Balaban J connectivity index is 1.53. The first kappa shape index (κ1) is 26.7. The Hall–Kier alpha value is -1.88. The van der Waals surface area contributed by atoms with Crippen LogP contribution >= 0.6 is 11.9 Å². The second-order valence-electron chi connectivity index (χ2n) is 10.4. The van der Waals surface area contributed by atoms with Crippen molar-refractivity contribution in [2.45, 2.75) is 77.7 Å². The van der Waals surface area contributed by atoms with Crippen LogP contribution < -0.4 is 5.32 Å². The first-order valence-corrected chi connectivity index (χ1v) is 13.5. The second-order valence-corrected chi connectivity index (χ2v) is 11.1. The maximum absolute atomic E-state index is 6.70. The van der Waals surface area contributed by atoms with Crippen molar-refractivity contribution in [3.8, 4) is 12.3 Å². The Bertz CT molecular complexity index is 876. The van der Waals surface area contributed by atoms with Crippen LogP contribution in [-0.4, -0.2) is 60.8 Å². The van der Waals surface area contributed by atoms with Gasteiger partial charge >= 0.3 is 0 Å². The zero-order valence-electron chi connectivity index (χ0n) is 21.2. The molecule has 186 valence electrons. The summed E-state index contributed by atoms with van der Waals surface area (Å²) in [5.41, 5.74) is 2.41. The van der Waals surface area contributed by atoms with Gasteiger partial charge in [-0.05, 0) is 82.3 Å². The van der Waals surface area contributed by atoms with Gasteiger partial charge in [0.05, 0.1) is 18.6 Å². The van der Waals surface area contributed by atoms with Crippen LogP contribution in [0.2, 0.25) is 0 Å². The molecule has 6 nitrogen and oxygen atoms in total. The molecule has 0 aromatic carbocycles. The molecule has 0 bridgehead atoms. The van der Waals surface area contributed by atoms with Crippen LogP contribution in [0.3, 0.4) is 0 Å². The van der Waals surface area contributed by atoms with E-state index >= 15 is 0 Å². The number of amidine groups is 1. The molecular formula is C27H41N5OS. The first-order chi connectivity index (χ1) is 16.3. The summed E-state index contributed by atoms with van der Waals surface area (Å²) in [4.78, 5) is 11.4. The van der Waals surface area contributed by atoms with Gasteiger partial charge in [0.15, 0.2) is 0 Å². The van der Waals surface area contributed by atoms with Crippen molar-refractivity contribution in [1.82, 2.24) is 10.2 Å². The smallest absolute Gasteiger partial charge is 0.141 e. The van der Waals surface area contributed by atoms with E-state index in [9.17, 15) is 0 Å². The minimum atomic E-state index is -0.0770. The predicted octanol–water partition coefficient (Wildman–Crippen LogP) is 5.39. The van der Waals surface area contributed by atoms with Gasteiger partial charge in [-0.3, -0.25) is 9.89 Å². The lowest BCUT2D eigenvalue weighted by Crippen LogP contribution is -2.37. The van der Waals surface area contributed by atoms with Crippen LogP contribution in [0, 0.1) is 17.8 Å². The van der Waals surface area contributed by atoms with Crippen LogP contribution in [0.5, 0.6) is 0 Å². The maximum atomic E-state index is 6.70. The number of likely N-dealkylation sites (tertiary alicyclic amines) is 1. The molecule has 0 aliphatic carbocycles. The van der Waals surface area contributed by atoms with Gasteiger partial charge in [0.2, 0.25) is 0 Å². The topological polar surface area (TPSA) is 61.6 Å². The standard InChI is InChI=1S/C27H41N5OS/c1-6-16-29-17-7-9-23-11-10-22-12-14-27(33-24(22)20-30-23)13-8-18-32(19-15-27)21-34-31-25(28-5)26(2,3)4/h1,10,20,29H,5,7-9,11-19,21H2,2-4H3/b31-25-. The molecule has 3 rings (SSSR count). The summed E-state index contributed by atoms with van der Waals surface area (Å²) in [7, 11) is 0. The highest BCUT2D eigenvalue weighted by atomic mass is 32.2. The lowest BCUT2D eigenvalue weighted by atomic mass is 9.84. The van der Waals surface area contributed by atoms with E-state index in [-0.39, 0.29) is 11.0 Å². The van der Waals surface area contributed by atoms with Crippen molar-refractivity contribution < 1.29 is 4.74 Å². The number of allylic oxidation sites excluding steroid dienone is 2. The molecule has 3 aliphatic heterocycles. The van der Waals surface area contributed by atoms with E-state index in [0.29, 0.717) is 6.54 Å². The van der Waals surface area contributed by atoms with E-state index in [4.69, 9.17) is 16.2 Å². The molecule has 2 fully saturated rings. The van der Waals surface area contributed by atoms with Gasteiger partial charge < -0.3 is 10.1 Å². The molecule has 2 saturated heterocycles. The second kappa shape index (κ2) is 12.7. The first-order valence-electron chi connectivity index (χ1n) is 12.5. The third-order valence-corrected chi connectivity index (χ3v) is 7.47. The number of ether oxygens (including phenoxy) is 1. The molecule has 34 heavy (non-hydrogen) atoms. The zero-order chi connectivity index (χ0) is 24.4. The van der Waals surface area contributed by atoms with Gasteiger partial charge in [-0.2, -0.15) is 4.40 Å². The fourth-order valence-electron chi connectivity index (χ4n) is 4.61. The Kier molecular flexibility index (Phi) is 9.99. The van der Waals surface area contributed by atoms with Crippen LogP contribution in [-0.2, 0) is 4.74 Å². The van der Waals surface area contributed by atoms with E-state index in [2.05, 4.69) is 59.1 Å². The van der Waals surface area contributed by atoms with Crippen molar-refractivity contribution in [2.24, 2.45) is 19.8 Å². The van der Waals surface area contributed by atoms with E-state index in [1.165, 1.54) is 11.3 Å². The summed E-state index contributed by atoms with van der Waals surface area (Å²) in [5, 5.41) is 3.25. The van der Waals surface area contributed by atoms with Crippen LogP contribution in [0.25, 0.3) is 0 Å². The Labute approximate surface area is 210 Å². The fourth-order valence-corrected chi connectivity index (χ4v) is 5.55. The highest BCUT2D eigenvalue weighted by molar-refractivity contribution is 7.98. The van der Waals surface area contributed by atoms with Crippen LogP contribution in [0.15, 0.2) is 38.0 Å². The predicted molar refractivity (Wildman–Crippen MR) is 147 cm³/mol. The van der Waals surface area contributed by atoms with E-state index in [0.717, 1.165) is 88.5 Å². The lowest BCUT2D eigenvalue weighted by Gasteiger charge is -2.39. The molecule has 3 heterocycles. The molecule has 0 saturated carbocycles. The van der Waals surface area contributed by atoms with Gasteiger partial charge in [-0.15, -0.1) is 6.42 Å². The van der Waals surface area contributed by atoms with E-state index in [1.54, 1.807) is 11.9 Å². The van der Waals surface area contributed by atoms with Gasteiger partial charge in [-0.25, -0.2) is 4.99 Å². The third kappa shape index (κ3) is 7.83. The third-order valence-electron chi connectivity index (χ3n) is 6.69. The Morgan fingerprint density at radius 1 is 1.35 bits per heavy atom. The number of nitrogens with one attached hydrogen (secondary N) is 1. The van der Waals surface area contributed by atoms with E-state index < -0.39 is 0 Å². The van der Waals surface area contributed by atoms with Crippen molar-refractivity contribution in [2.75, 3.05) is 32.1 Å². The zero-order valence-corrected chi connectivity index (χ0v) is 22.1. The summed E-state index contributed by atoms with van der Waals surface area (Å²) in [6.07, 6.45) is 18.0. The Morgan fingerprint density at radius 2 is 2.21 bits per heavy atom. The minimum Gasteiger partial charge on any atom is -0.485 e. The lowest BCUT2D eigenvalue weighted by molar-refractivity contribution is -0.0285. The van der Waals surface area contributed by atoms with Crippen LogP contribution in [0.4, 0.5) is 0 Å². The van der Waals surface area contributed by atoms with Gasteiger partial charge in [0.25, 0.3) is 0 Å². The summed E-state index contributed by atoms with van der Waals surface area (Å²) in [6, 6.07) is 0. The number of rotatable bonds is 8. The maximum Gasteiger partial charge on any atom is 0.141 e. The van der Waals surface area contributed by atoms with Gasteiger partial charge in [0.1, 0.15) is 17.2 Å². The van der Waals surface area contributed by atoms with Crippen molar-refractivity contribution >= 4 is 30.2 Å². The quantitative estimate of drug-likeness (QED) is 0.165. The van der Waals surface area contributed by atoms with Crippen molar-refractivity contribution in [3.05, 3.63) is 23.6 Å². The van der Waals surface area contributed by atoms with Gasteiger partial charge in [0, 0.05) is 24.1 Å². The molecule has 0 aromatic heterocycles. The molecule has 1 N–H and O–H groups in total. The average molecular weight is 484 g/mol. The average Bonchev–Trinajstić information content (AvgIpc) is 3.12. The molecule has 3 aliphatic rings. The number of hydrogen-bond acceptors (Lipinski definition) is 6. The molecule has 7 heteroatoms. The highest BCUT2D eigenvalue weighted by Crippen LogP contribution is 2.42. The molecule has 0 aromatic rings. The van der Waals surface area contributed by atoms with Crippen molar-refractivity contribution in [3.63, 3.8) is 0 Å². The molecular weight excluding hydrogens is 442 g/mol. The molecule has 0 radical (unpaired) electrons. The number of aliphatic imine (C=N–C) groups is 2. The highest BCUT2D eigenvalue weighted by Gasteiger charge is 2.39. The molecule has 0 amide bonds. The summed E-state index contributed by atoms with van der Waals surface area (Å²) in [6.45, 7) is 13.7. The minimum absolute atomic E-state index is 0.0652. The Morgan fingerprint density at radius 3 is 2.97 bits per heavy atom. The summed E-state index contributed by atoms with van der Waals surface area (Å²) in [5.74, 6) is 5.29. The summed E-state index contributed by atoms with van der Waals surface area (Å²) < 4.78 is 11.3. The number of terminal acetylenes is 1. The molecule has 1 unspecified atom stereocenters. The van der Waals surface area contributed by atoms with E-state index in [1.807, 2.05) is 6.20 Å². The largest absolute Gasteiger partial charge is 0.485 e. The summed E-state index contributed by atoms with van der Waals surface area (Å²) >= 11 is 1.58. The SMILES string of the molecule is C#CCNCCCC1=NC=C2OC3(CCCN(CS/N=C(\N=C)C(C)(C)C)CC3)CCC2=CC1. The molecule has 1 spiro atoms.